The zero-order chi connectivity index (χ0) is 18.6. The van der Waals surface area contributed by atoms with Crippen LogP contribution >= 0.6 is 0 Å². The predicted octanol–water partition coefficient (Wildman–Crippen LogP) is 4.22. The van der Waals surface area contributed by atoms with Crippen molar-refractivity contribution in [1.82, 2.24) is 15.0 Å². The fourth-order valence-corrected chi connectivity index (χ4v) is 2.19. The highest BCUT2D eigenvalue weighted by atomic mass is 19.4. The first-order valence-electron chi connectivity index (χ1n) is 7.54. The summed E-state index contributed by atoms with van der Waals surface area (Å²) < 4.78 is 41.0. The van der Waals surface area contributed by atoms with E-state index in [1.54, 1.807) is 37.5 Å². The maximum Gasteiger partial charge on any atom is 0.573 e. The average molecular weight is 361 g/mol. The molecule has 0 atom stereocenters. The summed E-state index contributed by atoms with van der Waals surface area (Å²) in [5, 5.41) is 5.79. The van der Waals surface area contributed by atoms with Crippen molar-refractivity contribution in [3.63, 3.8) is 0 Å². The Morgan fingerprint density at radius 1 is 0.962 bits per heavy atom. The zero-order valence-electron chi connectivity index (χ0n) is 13.6. The first-order chi connectivity index (χ1) is 12.4. The largest absolute Gasteiger partial charge is 0.573 e. The normalized spacial score (nSPS) is 11.1. The van der Waals surface area contributed by atoms with Gasteiger partial charge in [0.15, 0.2) is 0 Å². The van der Waals surface area contributed by atoms with Gasteiger partial charge in [0.2, 0.25) is 5.95 Å². The van der Waals surface area contributed by atoms with Crippen molar-refractivity contribution in [2.24, 2.45) is 0 Å². The Balaban J connectivity index is 1.89. The van der Waals surface area contributed by atoms with Crippen molar-refractivity contribution < 1.29 is 17.9 Å². The minimum Gasteiger partial charge on any atom is -0.406 e. The third-order valence-electron chi connectivity index (χ3n) is 3.22. The molecule has 0 aliphatic heterocycles. The van der Waals surface area contributed by atoms with E-state index in [0.29, 0.717) is 28.8 Å². The number of ether oxygens (including phenoxy) is 1. The van der Waals surface area contributed by atoms with Crippen LogP contribution in [0, 0.1) is 0 Å². The molecule has 2 N–H and O–H groups in total. The van der Waals surface area contributed by atoms with Gasteiger partial charge in [0.1, 0.15) is 11.6 Å². The molecular weight excluding hydrogens is 347 g/mol. The Hall–Kier alpha value is -3.36. The van der Waals surface area contributed by atoms with Crippen LogP contribution in [0.5, 0.6) is 5.75 Å². The Kier molecular flexibility index (Phi) is 4.87. The van der Waals surface area contributed by atoms with E-state index in [1.807, 2.05) is 6.07 Å². The van der Waals surface area contributed by atoms with E-state index in [4.69, 9.17) is 0 Å². The van der Waals surface area contributed by atoms with Crippen molar-refractivity contribution >= 4 is 17.5 Å². The smallest absolute Gasteiger partial charge is 0.406 e. The van der Waals surface area contributed by atoms with E-state index in [9.17, 15) is 13.2 Å². The van der Waals surface area contributed by atoms with Crippen molar-refractivity contribution in [2.45, 2.75) is 6.36 Å². The zero-order valence-corrected chi connectivity index (χ0v) is 13.6. The number of halogens is 3. The van der Waals surface area contributed by atoms with Crippen LogP contribution in [0.3, 0.4) is 0 Å². The molecule has 2 heterocycles. The number of rotatable bonds is 5. The van der Waals surface area contributed by atoms with Gasteiger partial charge in [0.05, 0.1) is 11.4 Å². The molecule has 0 amide bonds. The number of aromatic nitrogens is 3. The molecule has 0 radical (unpaired) electrons. The second kappa shape index (κ2) is 7.26. The lowest BCUT2D eigenvalue weighted by atomic mass is 10.2. The SMILES string of the molecule is CNc1nc(Nc2cccc(OC(F)(F)F)c2)cc(-c2ccccn2)n1. The van der Waals surface area contributed by atoms with Gasteiger partial charge in [-0.1, -0.05) is 12.1 Å². The summed E-state index contributed by atoms with van der Waals surface area (Å²) in [7, 11) is 1.67. The fraction of sp³-hybridized carbons (Fsp3) is 0.118. The van der Waals surface area contributed by atoms with Crippen molar-refractivity contribution in [3.05, 3.63) is 54.7 Å². The van der Waals surface area contributed by atoms with Gasteiger partial charge in [-0.2, -0.15) is 4.98 Å². The highest BCUT2D eigenvalue weighted by molar-refractivity contribution is 5.65. The molecule has 0 saturated heterocycles. The summed E-state index contributed by atoms with van der Waals surface area (Å²) in [6, 6.07) is 12.6. The van der Waals surface area contributed by atoms with Crippen LogP contribution in [0.4, 0.5) is 30.6 Å². The molecule has 6 nitrogen and oxygen atoms in total. The quantitative estimate of drug-likeness (QED) is 0.709. The number of pyridine rings is 1. The van der Waals surface area contributed by atoms with Gasteiger partial charge < -0.3 is 15.4 Å². The summed E-state index contributed by atoms with van der Waals surface area (Å²) in [6.45, 7) is 0. The van der Waals surface area contributed by atoms with E-state index in [1.165, 1.54) is 18.2 Å². The number of nitrogens with one attached hydrogen (secondary N) is 2. The van der Waals surface area contributed by atoms with Crippen molar-refractivity contribution in [3.8, 4) is 17.1 Å². The summed E-state index contributed by atoms with van der Waals surface area (Å²) in [4.78, 5) is 12.8. The molecular formula is C17H14F3N5O. The first-order valence-corrected chi connectivity index (χ1v) is 7.54. The van der Waals surface area contributed by atoms with Crippen LogP contribution in [0.15, 0.2) is 54.7 Å². The number of anilines is 3. The maximum absolute atomic E-state index is 12.4. The lowest BCUT2D eigenvalue weighted by molar-refractivity contribution is -0.274. The van der Waals surface area contributed by atoms with Crippen LogP contribution in [0.2, 0.25) is 0 Å². The van der Waals surface area contributed by atoms with Crippen molar-refractivity contribution in [2.75, 3.05) is 17.7 Å². The van der Waals surface area contributed by atoms with Gasteiger partial charge in [-0.15, -0.1) is 13.2 Å². The topological polar surface area (TPSA) is 72.0 Å². The van der Waals surface area contributed by atoms with E-state index in [2.05, 4.69) is 30.3 Å². The highest BCUT2D eigenvalue weighted by Crippen LogP contribution is 2.27. The molecule has 0 saturated carbocycles. The second-order valence-electron chi connectivity index (χ2n) is 5.13. The minimum absolute atomic E-state index is 0.324. The third kappa shape index (κ3) is 4.59. The number of hydrogen-bond acceptors (Lipinski definition) is 6. The summed E-state index contributed by atoms with van der Waals surface area (Å²) in [5.41, 5.74) is 1.60. The van der Waals surface area contributed by atoms with Crippen LogP contribution in [-0.2, 0) is 0 Å². The van der Waals surface area contributed by atoms with Crippen LogP contribution in [0.25, 0.3) is 11.4 Å². The molecule has 0 fully saturated rings. The summed E-state index contributed by atoms with van der Waals surface area (Å²) in [5.74, 6) is 0.419. The Morgan fingerprint density at radius 2 is 1.81 bits per heavy atom. The van der Waals surface area contributed by atoms with Gasteiger partial charge in [0.25, 0.3) is 0 Å². The third-order valence-corrected chi connectivity index (χ3v) is 3.22. The van der Waals surface area contributed by atoms with E-state index in [0.717, 1.165) is 0 Å². The molecule has 0 unspecified atom stereocenters. The Morgan fingerprint density at radius 3 is 2.50 bits per heavy atom. The molecule has 0 spiro atoms. The van der Waals surface area contributed by atoms with Gasteiger partial charge in [0, 0.05) is 31.1 Å². The lowest BCUT2D eigenvalue weighted by Gasteiger charge is -2.12. The summed E-state index contributed by atoms with van der Waals surface area (Å²) >= 11 is 0. The predicted molar refractivity (Wildman–Crippen MR) is 91.2 cm³/mol. The average Bonchev–Trinajstić information content (AvgIpc) is 2.61. The maximum atomic E-state index is 12.4. The molecule has 0 bridgehead atoms. The number of benzene rings is 1. The van der Waals surface area contributed by atoms with Crippen LogP contribution < -0.4 is 15.4 Å². The van der Waals surface area contributed by atoms with Gasteiger partial charge >= 0.3 is 6.36 Å². The number of hydrogen-bond donors (Lipinski definition) is 2. The Labute approximate surface area is 147 Å². The van der Waals surface area contributed by atoms with Crippen LogP contribution in [0.1, 0.15) is 0 Å². The molecule has 1 aromatic carbocycles. The molecule has 0 aliphatic rings. The minimum atomic E-state index is -4.75. The molecule has 3 aromatic rings. The van der Waals surface area contributed by atoms with Crippen molar-refractivity contribution in [1.29, 1.82) is 0 Å². The number of nitrogens with zero attached hydrogens (tertiary/aromatic N) is 3. The molecule has 26 heavy (non-hydrogen) atoms. The highest BCUT2D eigenvalue weighted by Gasteiger charge is 2.31. The number of alkyl halides is 3. The van der Waals surface area contributed by atoms with E-state index in [-0.39, 0.29) is 5.75 Å². The monoisotopic (exact) mass is 361 g/mol. The fourth-order valence-electron chi connectivity index (χ4n) is 2.19. The molecule has 0 aliphatic carbocycles. The van der Waals surface area contributed by atoms with E-state index < -0.39 is 6.36 Å². The first kappa shape index (κ1) is 17.5. The lowest BCUT2D eigenvalue weighted by Crippen LogP contribution is -2.17. The molecule has 3 rings (SSSR count). The van der Waals surface area contributed by atoms with Gasteiger partial charge in [-0.3, -0.25) is 4.98 Å². The van der Waals surface area contributed by atoms with E-state index >= 15 is 0 Å². The molecule has 134 valence electrons. The van der Waals surface area contributed by atoms with Crippen LogP contribution in [-0.4, -0.2) is 28.4 Å². The Bertz CT molecular complexity index is 887. The summed E-state index contributed by atoms with van der Waals surface area (Å²) in [6.07, 6.45) is -3.11. The molecule has 9 heteroatoms. The van der Waals surface area contributed by atoms with Gasteiger partial charge in [-0.05, 0) is 24.3 Å². The van der Waals surface area contributed by atoms with Gasteiger partial charge in [-0.25, -0.2) is 4.98 Å². The second-order valence-corrected chi connectivity index (χ2v) is 5.13. The standard InChI is InChI=1S/C17H14F3N5O/c1-21-16-24-14(13-7-2-3-8-22-13)10-15(25-16)23-11-5-4-6-12(9-11)26-17(18,19)20/h2-10H,1H3,(H2,21,23,24,25). The molecule has 2 aromatic heterocycles.